The van der Waals surface area contributed by atoms with Crippen LogP contribution in [0.15, 0.2) is 79.0 Å². The molecule has 2 aliphatic heterocycles. The van der Waals surface area contributed by atoms with Gasteiger partial charge in [0.2, 0.25) is 0 Å². The minimum Gasteiger partial charge on any atom is -0.464 e. The van der Waals surface area contributed by atoms with Gasteiger partial charge in [-0.2, -0.15) is 0 Å². The quantitative estimate of drug-likeness (QED) is 0.540. The average molecular weight is 478 g/mol. The molecule has 1 aromatic heterocycles. The summed E-state index contributed by atoms with van der Waals surface area (Å²) in [6.07, 6.45) is -1.50. The van der Waals surface area contributed by atoms with Crippen molar-refractivity contribution in [3.05, 3.63) is 101 Å². The number of esters is 1. The predicted molar refractivity (Wildman–Crippen MR) is 124 cm³/mol. The molecule has 6 unspecified atom stereocenters. The highest BCUT2D eigenvalue weighted by Crippen LogP contribution is 2.41. The Morgan fingerprint density at radius 2 is 1.43 bits per heavy atom. The van der Waals surface area contributed by atoms with Crippen molar-refractivity contribution in [1.29, 1.82) is 0 Å². The number of aliphatic hydroxyl groups is 1. The summed E-state index contributed by atoms with van der Waals surface area (Å²) in [5, 5.41) is 10.2. The number of pyridine rings is 1. The summed E-state index contributed by atoms with van der Waals surface area (Å²) in [5.74, 6) is -0.508. The van der Waals surface area contributed by atoms with E-state index < -0.39 is 43.0 Å². The maximum Gasteiger partial charge on any atom is 0.356 e. The van der Waals surface area contributed by atoms with Crippen molar-refractivity contribution in [2.24, 2.45) is 0 Å². The largest absolute Gasteiger partial charge is 0.464 e. The third kappa shape index (κ3) is 5.12. The highest BCUT2D eigenvalue weighted by atomic mass is 16.8. The molecule has 0 aliphatic carbocycles. The van der Waals surface area contributed by atoms with Gasteiger partial charge in [0.05, 0.1) is 19.8 Å². The average Bonchev–Trinajstić information content (AvgIpc) is 2.93. The Morgan fingerprint density at radius 1 is 0.857 bits per heavy atom. The molecule has 0 bridgehead atoms. The van der Waals surface area contributed by atoms with E-state index in [0.717, 1.165) is 16.7 Å². The molecule has 2 fully saturated rings. The van der Waals surface area contributed by atoms with Gasteiger partial charge in [0.1, 0.15) is 24.0 Å². The third-order valence-electron chi connectivity index (χ3n) is 6.19. The molecule has 8 nitrogen and oxygen atoms in total. The molecule has 2 saturated heterocycles. The van der Waals surface area contributed by atoms with E-state index in [-0.39, 0.29) is 12.3 Å². The van der Waals surface area contributed by atoms with Gasteiger partial charge in [-0.1, -0.05) is 60.7 Å². The molecule has 6 atom stereocenters. The molecule has 0 radical (unpaired) electrons. The fraction of sp³-hybridized carbons (Fsp3) is 0.333. The molecule has 8 heteroatoms. The van der Waals surface area contributed by atoms with Crippen LogP contribution in [0.4, 0.5) is 0 Å². The van der Waals surface area contributed by atoms with Gasteiger partial charge in [-0.3, -0.25) is 0 Å². The summed E-state index contributed by atoms with van der Waals surface area (Å²) in [4.78, 5) is 16.1. The van der Waals surface area contributed by atoms with Crippen molar-refractivity contribution in [3.8, 4) is 0 Å². The molecule has 182 valence electrons. The van der Waals surface area contributed by atoms with Crippen LogP contribution in [-0.4, -0.2) is 54.2 Å². The SMILES string of the molecule is COC(=O)c1cc(CC2OC(c3ccccc3)OC3C(CO)OC(c4ccccc4)OC23)ccn1. The number of ether oxygens (including phenoxy) is 5. The molecule has 2 aliphatic rings. The molecule has 3 aromatic rings. The number of carbonyl (C=O) groups excluding carboxylic acids is 1. The van der Waals surface area contributed by atoms with Crippen molar-refractivity contribution in [3.63, 3.8) is 0 Å². The number of fused-ring (bicyclic) bond motifs is 1. The van der Waals surface area contributed by atoms with E-state index in [1.54, 1.807) is 12.3 Å². The Kier molecular flexibility index (Phi) is 7.17. The zero-order valence-electron chi connectivity index (χ0n) is 19.2. The molecule has 2 aromatic carbocycles. The second kappa shape index (κ2) is 10.6. The van der Waals surface area contributed by atoms with Crippen molar-refractivity contribution in [1.82, 2.24) is 4.98 Å². The number of methoxy groups -OCH3 is 1. The van der Waals surface area contributed by atoms with Crippen molar-refractivity contribution in [2.45, 2.75) is 43.4 Å². The molecule has 5 rings (SSSR count). The number of hydrogen-bond acceptors (Lipinski definition) is 8. The molecular weight excluding hydrogens is 450 g/mol. The second-order valence-electron chi connectivity index (χ2n) is 8.46. The van der Waals surface area contributed by atoms with Crippen molar-refractivity contribution < 1.29 is 33.6 Å². The van der Waals surface area contributed by atoms with Crippen LogP contribution in [-0.2, 0) is 30.1 Å². The normalized spacial score (nSPS) is 28.2. The molecule has 0 spiro atoms. The van der Waals surface area contributed by atoms with Crippen LogP contribution in [0.25, 0.3) is 0 Å². The fourth-order valence-electron chi connectivity index (χ4n) is 4.47. The lowest BCUT2D eigenvalue weighted by Crippen LogP contribution is -2.59. The van der Waals surface area contributed by atoms with Gasteiger partial charge in [-0.05, 0) is 17.7 Å². The first-order chi connectivity index (χ1) is 17.2. The first-order valence-electron chi connectivity index (χ1n) is 11.5. The summed E-state index contributed by atoms with van der Waals surface area (Å²) in [6, 6.07) is 22.7. The first kappa shape index (κ1) is 23.6. The van der Waals surface area contributed by atoms with E-state index in [2.05, 4.69) is 4.98 Å². The summed E-state index contributed by atoms with van der Waals surface area (Å²) in [5.41, 5.74) is 2.74. The van der Waals surface area contributed by atoms with Crippen LogP contribution < -0.4 is 0 Å². The Labute approximate surface area is 203 Å². The smallest absolute Gasteiger partial charge is 0.356 e. The van der Waals surface area contributed by atoms with Gasteiger partial charge in [0.25, 0.3) is 0 Å². The van der Waals surface area contributed by atoms with Gasteiger partial charge in [-0.15, -0.1) is 0 Å². The molecule has 0 saturated carbocycles. The lowest BCUT2D eigenvalue weighted by atomic mass is 9.94. The monoisotopic (exact) mass is 477 g/mol. The van der Waals surface area contributed by atoms with Gasteiger partial charge in [0, 0.05) is 23.7 Å². The van der Waals surface area contributed by atoms with Crippen LogP contribution in [0.3, 0.4) is 0 Å². The number of rotatable bonds is 6. The number of hydrogen-bond donors (Lipinski definition) is 1. The Hall–Kier alpha value is -3.14. The summed E-state index contributed by atoms with van der Waals surface area (Å²) in [7, 11) is 1.32. The highest BCUT2D eigenvalue weighted by Gasteiger charge is 2.50. The van der Waals surface area contributed by atoms with Gasteiger partial charge < -0.3 is 28.8 Å². The number of nitrogens with zero attached hydrogens (tertiary/aromatic N) is 1. The van der Waals surface area contributed by atoms with E-state index in [1.165, 1.54) is 7.11 Å². The van der Waals surface area contributed by atoms with Crippen LogP contribution >= 0.6 is 0 Å². The van der Waals surface area contributed by atoms with E-state index in [0.29, 0.717) is 6.42 Å². The molecule has 3 heterocycles. The molecular formula is C27H27NO7. The Bertz CT molecular complexity index is 1130. The van der Waals surface area contributed by atoms with Crippen molar-refractivity contribution in [2.75, 3.05) is 13.7 Å². The minimum absolute atomic E-state index is 0.219. The molecule has 35 heavy (non-hydrogen) atoms. The van der Waals surface area contributed by atoms with Gasteiger partial charge in [0.15, 0.2) is 12.6 Å². The summed E-state index contributed by atoms with van der Waals surface area (Å²) < 4.78 is 30.0. The van der Waals surface area contributed by atoms with Gasteiger partial charge >= 0.3 is 5.97 Å². The van der Waals surface area contributed by atoms with Crippen LogP contribution in [0.5, 0.6) is 0 Å². The number of carbonyl (C=O) groups is 1. The van der Waals surface area contributed by atoms with E-state index in [9.17, 15) is 9.90 Å². The van der Waals surface area contributed by atoms with Gasteiger partial charge in [-0.25, -0.2) is 9.78 Å². The highest BCUT2D eigenvalue weighted by molar-refractivity contribution is 5.87. The standard InChI is InChI=1S/C27H27NO7/c1-31-25(30)20-14-17(12-13-28-20)15-21-23-24(35-26(32-21)18-8-4-2-5-9-18)22(16-29)33-27(34-23)19-10-6-3-7-11-19/h2-14,21-24,26-27,29H,15-16H2,1H3. The number of aliphatic hydroxyl groups excluding tert-OH is 1. The fourth-order valence-corrected chi connectivity index (χ4v) is 4.47. The van der Waals surface area contributed by atoms with E-state index >= 15 is 0 Å². The topological polar surface area (TPSA) is 96.3 Å². The number of aromatic nitrogens is 1. The maximum absolute atomic E-state index is 12.0. The first-order valence-corrected chi connectivity index (χ1v) is 11.5. The van der Waals surface area contributed by atoms with Crippen LogP contribution in [0, 0.1) is 0 Å². The minimum atomic E-state index is -0.680. The summed E-state index contributed by atoms with van der Waals surface area (Å²) in [6.45, 7) is -0.232. The predicted octanol–water partition coefficient (Wildman–Crippen LogP) is 3.37. The lowest BCUT2D eigenvalue weighted by molar-refractivity contribution is -0.384. The van der Waals surface area contributed by atoms with Crippen LogP contribution in [0.1, 0.15) is 39.8 Å². The molecule has 0 amide bonds. The van der Waals surface area contributed by atoms with E-state index in [1.807, 2.05) is 66.7 Å². The maximum atomic E-state index is 12.0. The number of benzene rings is 2. The second-order valence-corrected chi connectivity index (χ2v) is 8.46. The summed E-state index contributed by atoms with van der Waals surface area (Å²) >= 11 is 0. The Balaban J connectivity index is 1.47. The lowest BCUT2D eigenvalue weighted by Gasteiger charge is -2.49. The van der Waals surface area contributed by atoms with Crippen LogP contribution in [0.2, 0.25) is 0 Å². The zero-order valence-corrected chi connectivity index (χ0v) is 19.2. The third-order valence-corrected chi connectivity index (χ3v) is 6.19. The van der Waals surface area contributed by atoms with Crippen molar-refractivity contribution >= 4 is 5.97 Å². The molecule has 1 N–H and O–H groups in total. The Morgan fingerprint density at radius 3 is 2.00 bits per heavy atom. The zero-order chi connectivity index (χ0) is 24.2. The van der Waals surface area contributed by atoms with E-state index in [4.69, 9.17) is 23.7 Å².